The van der Waals surface area contributed by atoms with Gasteiger partial charge in [0.15, 0.2) is 0 Å². The number of nitrogens with zero attached hydrogens (tertiary/aromatic N) is 3. The van der Waals surface area contributed by atoms with Crippen LogP contribution in [0.25, 0.3) is 22.7 Å². The molecular weight excluding hydrogens is 403 g/mol. The van der Waals surface area contributed by atoms with E-state index in [1.165, 1.54) is 17.7 Å². The highest BCUT2D eigenvalue weighted by atomic mass is 19.1. The highest BCUT2D eigenvalue weighted by molar-refractivity contribution is 5.88. The third kappa shape index (κ3) is 4.27. The molecule has 2 heterocycles. The molecule has 0 saturated carbocycles. The average molecular weight is 429 g/mol. The predicted octanol–water partition coefficient (Wildman–Crippen LogP) is 4.73. The molecule has 1 atom stereocenters. The second kappa shape index (κ2) is 8.93. The summed E-state index contributed by atoms with van der Waals surface area (Å²) in [6, 6.07) is 14.8. The van der Waals surface area contributed by atoms with Crippen LogP contribution < -0.4 is 10.1 Å². The van der Waals surface area contributed by atoms with Gasteiger partial charge in [-0.15, -0.1) is 0 Å². The van der Waals surface area contributed by atoms with Gasteiger partial charge in [-0.3, -0.25) is 4.98 Å². The number of nitrogens with one attached hydrogen (secondary N) is 1. The van der Waals surface area contributed by atoms with Gasteiger partial charge < -0.3 is 10.1 Å². The van der Waals surface area contributed by atoms with E-state index in [0.29, 0.717) is 6.04 Å². The number of aryl methyl sites for hydroxylation is 1. The number of rotatable bonds is 6. The molecule has 0 radical (unpaired) electrons. The van der Waals surface area contributed by atoms with Crippen LogP contribution in [0.15, 0.2) is 67.0 Å². The summed E-state index contributed by atoms with van der Waals surface area (Å²) in [5.74, 6) is 0.597. The Morgan fingerprint density at radius 3 is 2.91 bits per heavy atom. The molecule has 1 aliphatic rings. The Morgan fingerprint density at radius 1 is 1.19 bits per heavy atom. The third-order valence-electron chi connectivity index (χ3n) is 5.95. The lowest BCUT2D eigenvalue weighted by molar-refractivity contribution is 0.415. The van der Waals surface area contributed by atoms with Crippen molar-refractivity contribution >= 4 is 17.0 Å². The Hall–Kier alpha value is -3.51. The lowest BCUT2D eigenvalue weighted by atomic mass is 9.93. The second-order valence-corrected chi connectivity index (χ2v) is 8.06. The molecule has 5 nitrogen and oxygen atoms in total. The van der Waals surface area contributed by atoms with Crippen molar-refractivity contribution in [2.45, 2.75) is 25.3 Å². The lowest BCUT2D eigenvalue weighted by Gasteiger charge is -2.21. The maximum absolute atomic E-state index is 13.0. The number of aromatic nitrogens is 3. The van der Waals surface area contributed by atoms with Crippen LogP contribution in [0.3, 0.4) is 0 Å². The molecule has 162 valence electrons. The van der Waals surface area contributed by atoms with Gasteiger partial charge in [0.05, 0.1) is 24.0 Å². The van der Waals surface area contributed by atoms with Crippen molar-refractivity contribution in [1.82, 2.24) is 20.1 Å². The minimum atomic E-state index is -0.210. The van der Waals surface area contributed by atoms with Crippen molar-refractivity contribution < 1.29 is 9.13 Å². The van der Waals surface area contributed by atoms with E-state index in [1.54, 1.807) is 19.2 Å². The van der Waals surface area contributed by atoms with Gasteiger partial charge in [0.2, 0.25) is 0 Å². The lowest BCUT2D eigenvalue weighted by Crippen LogP contribution is -2.34. The number of benzene rings is 2. The molecule has 2 aromatic carbocycles. The van der Waals surface area contributed by atoms with Crippen LogP contribution in [0.2, 0.25) is 0 Å². The first-order valence-electron chi connectivity index (χ1n) is 10.9. The Kier molecular flexibility index (Phi) is 5.69. The fourth-order valence-corrected chi connectivity index (χ4v) is 4.24. The zero-order valence-electron chi connectivity index (χ0n) is 18.0. The third-order valence-corrected chi connectivity index (χ3v) is 5.95. The van der Waals surface area contributed by atoms with Gasteiger partial charge in [0, 0.05) is 30.4 Å². The van der Waals surface area contributed by atoms with E-state index in [0.717, 1.165) is 59.4 Å². The summed E-state index contributed by atoms with van der Waals surface area (Å²) in [7, 11) is 1.67. The summed E-state index contributed by atoms with van der Waals surface area (Å²) in [5, 5.41) is 9.51. The number of halogens is 1. The van der Waals surface area contributed by atoms with Gasteiger partial charge in [-0.1, -0.05) is 24.3 Å². The summed E-state index contributed by atoms with van der Waals surface area (Å²) in [6.45, 7) is 0.778. The largest absolute Gasteiger partial charge is 0.497 e. The Bertz CT molecular complexity index is 1260. The summed E-state index contributed by atoms with van der Waals surface area (Å²) in [6.07, 6.45) is 11.0. The van der Waals surface area contributed by atoms with E-state index < -0.39 is 0 Å². The zero-order valence-corrected chi connectivity index (χ0v) is 18.0. The average Bonchev–Trinajstić information content (AvgIpc) is 3.25. The van der Waals surface area contributed by atoms with Crippen molar-refractivity contribution in [3.63, 3.8) is 0 Å². The van der Waals surface area contributed by atoms with Crippen LogP contribution in [0, 0.1) is 5.82 Å². The minimum absolute atomic E-state index is 0.210. The first kappa shape index (κ1) is 20.4. The van der Waals surface area contributed by atoms with E-state index in [2.05, 4.69) is 22.6 Å². The van der Waals surface area contributed by atoms with Gasteiger partial charge in [0.1, 0.15) is 11.6 Å². The molecule has 6 heteroatoms. The molecule has 0 bridgehead atoms. The Balaban J connectivity index is 1.28. The first-order valence-corrected chi connectivity index (χ1v) is 10.9. The number of methoxy groups -OCH3 is 1. The van der Waals surface area contributed by atoms with Crippen LogP contribution in [-0.2, 0) is 12.8 Å². The Morgan fingerprint density at radius 2 is 2.06 bits per heavy atom. The summed E-state index contributed by atoms with van der Waals surface area (Å²) in [5.41, 5.74) is 5.38. The van der Waals surface area contributed by atoms with Crippen LogP contribution in [0.1, 0.15) is 23.2 Å². The smallest absolute Gasteiger partial charge is 0.123 e. The highest BCUT2D eigenvalue weighted by Crippen LogP contribution is 2.27. The molecule has 4 aromatic rings. The highest BCUT2D eigenvalue weighted by Gasteiger charge is 2.21. The van der Waals surface area contributed by atoms with E-state index in [4.69, 9.17) is 9.84 Å². The minimum Gasteiger partial charge on any atom is -0.497 e. The number of fused-ring (bicyclic) bond motifs is 2. The van der Waals surface area contributed by atoms with Crippen molar-refractivity contribution in [1.29, 1.82) is 0 Å². The summed E-state index contributed by atoms with van der Waals surface area (Å²) >= 11 is 0. The van der Waals surface area contributed by atoms with Gasteiger partial charge in [-0.05, 0) is 66.8 Å². The molecule has 1 unspecified atom stereocenters. The predicted molar refractivity (Wildman–Crippen MR) is 125 cm³/mol. The van der Waals surface area contributed by atoms with Gasteiger partial charge in [0.25, 0.3) is 0 Å². The molecule has 0 amide bonds. The molecule has 0 aliphatic heterocycles. The summed E-state index contributed by atoms with van der Waals surface area (Å²) < 4.78 is 20.4. The van der Waals surface area contributed by atoms with E-state index in [1.807, 2.05) is 41.2 Å². The van der Waals surface area contributed by atoms with Gasteiger partial charge in [-0.25, -0.2) is 9.07 Å². The molecule has 1 aliphatic carbocycles. The number of hydrogen-bond acceptors (Lipinski definition) is 4. The molecule has 0 fully saturated rings. The molecule has 0 saturated heterocycles. The second-order valence-electron chi connectivity index (χ2n) is 8.06. The quantitative estimate of drug-likeness (QED) is 0.483. The van der Waals surface area contributed by atoms with Crippen LogP contribution in [0.5, 0.6) is 5.75 Å². The molecule has 5 rings (SSSR count). The normalized spacial score (nSPS) is 15.9. The molecule has 1 N–H and O–H groups in total. The van der Waals surface area contributed by atoms with Gasteiger partial charge >= 0.3 is 0 Å². The maximum atomic E-state index is 13.0. The fourth-order valence-electron chi connectivity index (χ4n) is 4.24. The first-order chi connectivity index (χ1) is 15.7. The molecule has 0 spiro atoms. The topological polar surface area (TPSA) is 52.0 Å². The van der Waals surface area contributed by atoms with Crippen LogP contribution in [-0.4, -0.2) is 34.5 Å². The summed E-state index contributed by atoms with van der Waals surface area (Å²) in [4.78, 5) is 4.47. The SMILES string of the molecule is COc1ccc2nccc(-n3cc4c(n3)CCC(NC/C=C/c3ccc(F)cc3)C4)c2c1. The van der Waals surface area contributed by atoms with E-state index >= 15 is 0 Å². The van der Waals surface area contributed by atoms with Crippen molar-refractivity contribution in [2.75, 3.05) is 13.7 Å². The molecule has 32 heavy (non-hydrogen) atoms. The van der Waals surface area contributed by atoms with Crippen LogP contribution in [0.4, 0.5) is 4.39 Å². The van der Waals surface area contributed by atoms with Crippen molar-refractivity contribution in [3.05, 3.63) is 89.6 Å². The van der Waals surface area contributed by atoms with Gasteiger partial charge in [-0.2, -0.15) is 5.10 Å². The fraction of sp³-hybridized carbons (Fsp3) is 0.231. The monoisotopic (exact) mass is 428 g/mol. The van der Waals surface area contributed by atoms with Crippen LogP contribution >= 0.6 is 0 Å². The van der Waals surface area contributed by atoms with E-state index in [-0.39, 0.29) is 5.82 Å². The van der Waals surface area contributed by atoms with Crippen molar-refractivity contribution in [2.24, 2.45) is 0 Å². The van der Waals surface area contributed by atoms with Crippen molar-refractivity contribution in [3.8, 4) is 11.4 Å². The molecular formula is C26H25FN4O. The van der Waals surface area contributed by atoms with E-state index in [9.17, 15) is 4.39 Å². The number of pyridine rings is 1. The maximum Gasteiger partial charge on any atom is 0.123 e. The number of hydrogen-bond donors (Lipinski definition) is 1. The zero-order chi connectivity index (χ0) is 21.9. The number of ether oxygens (including phenoxy) is 1. The Labute approximate surface area is 186 Å². The molecule has 2 aromatic heterocycles. The standard InChI is InChI=1S/C26H25FN4O/c1-32-22-9-11-25-23(16-22)26(12-14-29-25)31-17-19-15-21(8-10-24(19)30-31)28-13-2-3-18-4-6-20(27)7-5-18/h2-7,9,11-12,14,16-17,21,28H,8,10,13,15H2,1H3/b3-2+.